The first kappa shape index (κ1) is 14.6. The molecule has 0 unspecified atom stereocenters. The summed E-state index contributed by atoms with van der Waals surface area (Å²) in [6.07, 6.45) is 7.94. The lowest BCUT2D eigenvalue weighted by Crippen LogP contribution is -2.28. The Kier molecular flexibility index (Phi) is 3.42. The summed E-state index contributed by atoms with van der Waals surface area (Å²) in [5, 5.41) is 15.2. The van der Waals surface area contributed by atoms with Crippen LogP contribution in [0.25, 0.3) is 23.4 Å². The summed E-state index contributed by atoms with van der Waals surface area (Å²) in [5.41, 5.74) is 5.32. The SMILES string of the molecule is COC1=CCC=c2c(C#N)c(-c3ccc4c(c3)CCN4)n(C)c2=C1. The van der Waals surface area contributed by atoms with Crippen molar-refractivity contribution in [3.8, 4) is 17.3 Å². The maximum Gasteiger partial charge on any atom is 0.117 e. The van der Waals surface area contributed by atoms with Crippen LogP contribution in [-0.2, 0) is 18.2 Å². The van der Waals surface area contributed by atoms with Crippen LogP contribution < -0.4 is 15.9 Å². The van der Waals surface area contributed by atoms with Gasteiger partial charge in [-0.1, -0.05) is 12.1 Å². The molecule has 0 saturated carbocycles. The molecule has 0 saturated heterocycles. The van der Waals surface area contributed by atoms with Gasteiger partial charge in [0.05, 0.1) is 23.7 Å². The Bertz CT molecular complexity index is 1020. The van der Waals surface area contributed by atoms with E-state index in [2.05, 4.69) is 40.2 Å². The summed E-state index contributed by atoms with van der Waals surface area (Å²) in [6, 6.07) is 8.84. The van der Waals surface area contributed by atoms with Gasteiger partial charge < -0.3 is 14.6 Å². The minimum atomic E-state index is 0.736. The van der Waals surface area contributed by atoms with Crippen LogP contribution >= 0.6 is 0 Å². The number of nitrogens with zero attached hydrogens (tertiary/aromatic N) is 2. The molecule has 1 aromatic carbocycles. The molecule has 0 atom stereocenters. The second-order valence-corrected chi connectivity index (χ2v) is 6.14. The van der Waals surface area contributed by atoms with Crippen molar-refractivity contribution in [3.63, 3.8) is 0 Å². The van der Waals surface area contributed by atoms with E-state index in [4.69, 9.17) is 4.74 Å². The molecule has 0 radical (unpaired) electrons. The van der Waals surface area contributed by atoms with E-state index in [-0.39, 0.29) is 0 Å². The molecule has 1 N–H and O–H groups in total. The number of nitriles is 1. The molecule has 0 fully saturated rings. The van der Waals surface area contributed by atoms with E-state index in [1.807, 2.05) is 19.2 Å². The predicted molar refractivity (Wildman–Crippen MR) is 95.6 cm³/mol. The number of fused-ring (bicyclic) bond motifs is 2. The standard InChI is InChI=1S/C20H19N3O/c1-23-19-11-15(24-2)4-3-5-16(19)17(12-21)20(23)14-6-7-18-13(10-14)8-9-22-18/h4-7,10-11,22H,3,8-9H2,1-2H3. The molecule has 2 aliphatic rings. The first-order chi connectivity index (χ1) is 11.7. The highest BCUT2D eigenvalue weighted by Crippen LogP contribution is 2.29. The number of anilines is 1. The molecule has 0 amide bonds. The second kappa shape index (κ2) is 5.61. The molecule has 0 bridgehead atoms. The highest BCUT2D eigenvalue weighted by molar-refractivity contribution is 5.74. The summed E-state index contributed by atoms with van der Waals surface area (Å²) in [5.74, 6) is 0.833. The van der Waals surface area contributed by atoms with E-state index in [1.165, 1.54) is 11.3 Å². The zero-order valence-corrected chi connectivity index (χ0v) is 13.9. The molecule has 4 heteroatoms. The van der Waals surface area contributed by atoms with Crippen LogP contribution in [-0.4, -0.2) is 18.2 Å². The summed E-state index contributed by atoms with van der Waals surface area (Å²) in [7, 11) is 3.69. The van der Waals surface area contributed by atoms with Crippen molar-refractivity contribution >= 4 is 17.8 Å². The maximum absolute atomic E-state index is 9.80. The number of hydrogen-bond donors (Lipinski definition) is 1. The number of aromatic nitrogens is 1. The van der Waals surface area contributed by atoms with E-state index >= 15 is 0 Å². The van der Waals surface area contributed by atoms with Crippen LogP contribution in [0.2, 0.25) is 0 Å². The Hall–Kier alpha value is -2.93. The number of rotatable bonds is 2. The fraction of sp³-hybridized carbons (Fsp3) is 0.250. The average molecular weight is 317 g/mol. The smallest absolute Gasteiger partial charge is 0.117 e. The Balaban J connectivity index is 2.00. The van der Waals surface area contributed by atoms with Gasteiger partial charge in [-0.25, -0.2) is 0 Å². The summed E-state index contributed by atoms with van der Waals surface area (Å²) in [6.45, 7) is 0.983. The lowest BCUT2D eigenvalue weighted by atomic mass is 10.0. The lowest BCUT2D eigenvalue weighted by Gasteiger charge is -2.08. The van der Waals surface area contributed by atoms with Crippen molar-refractivity contribution in [1.82, 2.24) is 4.57 Å². The molecule has 24 heavy (non-hydrogen) atoms. The van der Waals surface area contributed by atoms with Gasteiger partial charge in [-0.3, -0.25) is 0 Å². The van der Waals surface area contributed by atoms with Crippen molar-refractivity contribution in [1.29, 1.82) is 5.26 Å². The molecule has 120 valence electrons. The summed E-state index contributed by atoms with van der Waals surface area (Å²) in [4.78, 5) is 0. The number of allylic oxidation sites excluding steroid dienone is 2. The molecule has 4 nitrogen and oxygen atoms in total. The fourth-order valence-electron chi connectivity index (χ4n) is 3.64. The molecular formula is C20H19N3O. The molecule has 1 aliphatic carbocycles. The zero-order chi connectivity index (χ0) is 16.7. The molecular weight excluding hydrogens is 298 g/mol. The van der Waals surface area contributed by atoms with Gasteiger partial charge in [-0.05, 0) is 42.2 Å². The van der Waals surface area contributed by atoms with Crippen molar-refractivity contribution in [2.24, 2.45) is 7.05 Å². The Morgan fingerprint density at radius 1 is 1.29 bits per heavy atom. The highest BCUT2D eigenvalue weighted by Gasteiger charge is 2.18. The first-order valence-corrected chi connectivity index (χ1v) is 8.15. The normalized spacial score (nSPS) is 15.0. The van der Waals surface area contributed by atoms with Crippen LogP contribution in [0.1, 0.15) is 17.5 Å². The minimum Gasteiger partial charge on any atom is -0.497 e. The van der Waals surface area contributed by atoms with Crippen LogP contribution in [0, 0.1) is 11.3 Å². The van der Waals surface area contributed by atoms with E-state index in [0.29, 0.717) is 0 Å². The van der Waals surface area contributed by atoms with Crippen LogP contribution in [0.15, 0.2) is 30.0 Å². The number of hydrogen-bond acceptors (Lipinski definition) is 3. The minimum absolute atomic E-state index is 0.736. The van der Waals surface area contributed by atoms with E-state index in [0.717, 1.165) is 52.5 Å². The van der Waals surface area contributed by atoms with Gasteiger partial charge in [0.2, 0.25) is 0 Å². The molecule has 1 aromatic heterocycles. The van der Waals surface area contributed by atoms with E-state index in [1.54, 1.807) is 7.11 Å². The average Bonchev–Trinajstić information content (AvgIpc) is 3.08. The zero-order valence-electron chi connectivity index (χ0n) is 13.9. The highest BCUT2D eigenvalue weighted by atomic mass is 16.5. The Morgan fingerprint density at radius 2 is 2.17 bits per heavy atom. The summed E-state index contributed by atoms with van der Waals surface area (Å²) >= 11 is 0. The van der Waals surface area contributed by atoms with Crippen molar-refractivity contribution < 1.29 is 4.74 Å². The van der Waals surface area contributed by atoms with E-state index < -0.39 is 0 Å². The number of ether oxygens (including phenoxy) is 1. The lowest BCUT2D eigenvalue weighted by molar-refractivity contribution is 0.312. The number of methoxy groups -OCH3 is 1. The second-order valence-electron chi connectivity index (χ2n) is 6.14. The topological polar surface area (TPSA) is 50.0 Å². The maximum atomic E-state index is 9.80. The Labute approximate surface area is 141 Å². The van der Waals surface area contributed by atoms with Crippen LogP contribution in [0.3, 0.4) is 0 Å². The molecule has 0 spiro atoms. The van der Waals surface area contributed by atoms with E-state index in [9.17, 15) is 5.26 Å². The third-order valence-electron chi connectivity index (χ3n) is 4.83. The predicted octanol–water partition coefficient (Wildman–Crippen LogP) is 2.03. The van der Waals surface area contributed by atoms with Gasteiger partial charge in [0.15, 0.2) is 0 Å². The molecule has 2 aromatic rings. The largest absolute Gasteiger partial charge is 0.497 e. The van der Waals surface area contributed by atoms with Gasteiger partial charge in [0.1, 0.15) is 11.8 Å². The van der Waals surface area contributed by atoms with Crippen molar-refractivity contribution in [2.45, 2.75) is 12.8 Å². The van der Waals surface area contributed by atoms with Crippen molar-refractivity contribution in [2.75, 3.05) is 19.0 Å². The number of benzene rings is 1. The third kappa shape index (κ3) is 2.13. The van der Waals surface area contributed by atoms with Gasteiger partial charge in [0, 0.05) is 30.6 Å². The molecule has 1 aliphatic heterocycles. The van der Waals surface area contributed by atoms with Crippen LogP contribution in [0.5, 0.6) is 0 Å². The summed E-state index contributed by atoms with van der Waals surface area (Å²) < 4.78 is 7.52. The quantitative estimate of drug-likeness (QED) is 0.922. The Morgan fingerprint density at radius 3 is 2.96 bits per heavy atom. The fourth-order valence-corrected chi connectivity index (χ4v) is 3.64. The monoisotopic (exact) mass is 317 g/mol. The van der Waals surface area contributed by atoms with Crippen LogP contribution in [0.4, 0.5) is 5.69 Å². The molecule has 2 heterocycles. The number of nitrogens with one attached hydrogen (secondary N) is 1. The molecule has 4 rings (SSSR count). The van der Waals surface area contributed by atoms with Crippen molar-refractivity contribution in [3.05, 3.63) is 51.7 Å². The third-order valence-corrected chi connectivity index (χ3v) is 4.83. The van der Waals surface area contributed by atoms with Gasteiger partial charge in [-0.2, -0.15) is 5.26 Å². The first-order valence-electron chi connectivity index (χ1n) is 8.15. The van der Waals surface area contributed by atoms with Gasteiger partial charge >= 0.3 is 0 Å². The van der Waals surface area contributed by atoms with Gasteiger partial charge in [-0.15, -0.1) is 0 Å². The van der Waals surface area contributed by atoms with Gasteiger partial charge in [0.25, 0.3) is 0 Å².